The smallest absolute Gasteiger partial charge is 0.317 e. The highest BCUT2D eigenvalue weighted by molar-refractivity contribution is 5.83. The Morgan fingerprint density at radius 2 is 1.62 bits per heavy atom. The number of piperidine rings is 1. The molecule has 1 aromatic carbocycles. The summed E-state index contributed by atoms with van der Waals surface area (Å²) in [6.07, 6.45) is 1.69. The van der Waals surface area contributed by atoms with Gasteiger partial charge < -0.3 is 9.22 Å². The van der Waals surface area contributed by atoms with Gasteiger partial charge in [0.1, 0.15) is 11.0 Å². The Labute approximate surface area is 128 Å². The summed E-state index contributed by atoms with van der Waals surface area (Å²) in [6, 6.07) is 10.1. The fourth-order valence-electron chi connectivity index (χ4n) is 2.97. The van der Waals surface area contributed by atoms with E-state index in [2.05, 4.69) is 26.2 Å². The van der Waals surface area contributed by atoms with Gasteiger partial charge in [0.2, 0.25) is 0 Å². The minimum absolute atomic E-state index is 0.0686. The number of nitrogens with zero attached hydrogens (tertiary/aromatic N) is 1. The molecule has 0 spiro atoms. The van der Waals surface area contributed by atoms with Gasteiger partial charge in [-0.1, -0.05) is 30.3 Å². The molecule has 1 aliphatic rings. The first-order chi connectivity index (χ1) is 9.65. The van der Waals surface area contributed by atoms with Crippen LogP contribution in [-0.2, 0) is 14.9 Å². The van der Waals surface area contributed by atoms with E-state index in [1.807, 2.05) is 39.0 Å². The molecule has 0 atom stereocenters. The number of rotatable bonds is 2. The quantitative estimate of drug-likeness (QED) is 0.618. The third-order valence-electron chi connectivity index (χ3n) is 4.40. The summed E-state index contributed by atoms with van der Waals surface area (Å²) in [6.45, 7) is 7.80. The Morgan fingerprint density at radius 3 is 2.10 bits per heavy atom. The highest BCUT2D eigenvalue weighted by Crippen LogP contribution is 2.39. The Bertz CT molecular complexity index is 490. The third-order valence-corrected chi connectivity index (χ3v) is 4.40. The zero-order valence-corrected chi connectivity index (χ0v) is 14.0. The van der Waals surface area contributed by atoms with E-state index < -0.39 is 11.0 Å². The molecule has 21 heavy (non-hydrogen) atoms. The molecular formula is C18H28NO2+. The van der Waals surface area contributed by atoms with Crippen LogP contribution in [0, 0.1) is 0 Å². The van der Waals surface area contributed by atoms with Crippen molar-refractivity contribution in [2.24, 2.45) is 0 Å². The molecule has 2 rings (SSSR count). The number of carbonyl (C=O) groups excluding carboxylic acids is 1. The summed E-state index contributed by atoms with van der Waals surface area (Å²) in [7, 11) is 4.45. The van der Waals surface area contributed by atoms with Crippen molar-refractivity contribution in [3.8, 4) is 0 Å². The summed E-state index contributed by atoms with van der Waals surface area (Å²) in [5.74, 6) is -0.0686. The fraction of sp³-hybridized carbons (Fsp3) is 0.611. The molecule has 1 saturated heterocycles. The Balaban J connectivity index is 2.34. The number of benzene rings is 1. The lowest BCUT2D eigenvalue weighted by atomic mass is 9.72. The van der Waals surface area contributed by atoms with Crippen molar-refractivity contribution in [2.75, 3.05) is 27.2 Å². The lowest BCUT2D eigenvalue weighted by Gasteiger charge is -2.44. The second-order valence-electron chi connectivity index (χ2n) is 7.83. The first-order valence-electron chi connectivity index (χ1n) is 7.76. The minimum atomic E-state index is -0.484. The van der Waals surface area contributed by atoms with E-state index in [0.717, 1.165) is 36.0 Å². The summed E-state index contributed by atoms with van der Waals surface area (Å²) in [4.78, 5) is 12.9. The van der Waals surface area contributed by atoms with Crippen molar-refractivity contribution in [1.29, 1.82) is 0 Å². The van der Waals surface area contributed by atoms with Crippen molar-refractivity contribution in [3.05, 3.63) is 35.9 Å². The number of carbonyl (C=O) groups is 1. The molecule has 0 amide bonds. The van der Waals surface area contributed by atoms with Crippen LogP contribution in [0.5, 0.6) is 0 Å². The van der Waals surface area contributed by atoms with Crippen LogP contribution in [0.25, 0.3) is 0 Å². The Kier molecular flexibility index (Phi) is 4.16. The molecule has 0 N–H and O–H groups in total. The van der Waals surface area contributed by atoms with Crippen LogP contribution in [0.4, 0.5) is 0 Å². The molecule has 0 bridgehead atoms. The first-order valence-corrected chi connectivity index (χ1v) is 7.76. The van der Waals surface area contributed by atoms with E-state index in [1.165, 1.54) is 0 Å². The van der Waals surface area contributed by atoms with Gasteiger partial charge in [-0.3, -0.25) is 4.79 Å². The molecule has 1 aliphatic heterocycles. The maximum Gasteiger partial charge on any atom is 0.317 e. The number of likely N-dealkylation sites (tertiary alicyclic amines) is 1. The predicted molar refractivity (Wildman–Crippen MR) is 85.0 cm³/mol. The van der Waals surface area contributed by atoms with Crippen molar-refractivity contribution in [2.45, 2.75) is 44.6 Å². The van der Waals surface area contributed by atoms with E-state index in [9.17, 15) is 4.79 Å². The maximum absolute atomic E-state index is 12.9. The summed E-state index contributed by atoms with van der Waals surface area (Å²) in [5.41, 5.74) is 0.169. The lowest BCUT2D eigenvalue weighted by Crippen LogP contribution is -2.55. The van der Waals surface area contributed by atoms with Gasteiger partial charge in [-0.2, -0.15) is 0 Å². The van der Waals surface area contributed by atoms with Gasteiger partial charge in [-0.25, -0.2) is 0 Å². The van der Waals surface area contributed by atoms with Crippen molar-refractivity contribution >= 4 is 5.97 Å². The van der Waals surface area contributed by atoms with E-state index in [-0.39, 0.29) is 5.97 Å². The van der Waals surface area contributed by atoms with Crippen LogP contribution in [-0.4, -0.2) is 43.2 Å². The van der Waals surface area contributed by atoms with E-state index >= 15 is 0 Å². The van der Waals surface area contributed by atoms with Crippen LogP contribution in [0.3, 0.4) is 0 Å². The molecule has 0 saturated carbocycles. The highest BCUT2D eigenvalue weighted by Gasteiger charge is 2.48. The molecular weight excluding hydrogens is 262 g/mol. The number of hydrogen-bond acceptors (Lipinski definition) is 2. The van der Waals surface area contributed by atoms with Crippen LogP contribution >= 0.6 is 0 Å². The van der Waals surface area contributed by atoms with E-state index in [1.54, 1.807) is 0 Å². The average Bonchev–Trinajstić information content (AvgIpc) is 2.38. The van der Waals surface area contributed by atoms with Crippen LogP contribution in [0.1, 0.15) is 39.2 Å². The second kappa shape index (κ2) is 5.45. The molecule has 0 aromatic heterocycles. The number of hydrogen-bond donors (Lipinski definition) is 0. The van der Waals surface area contributed by atoms with Gasteiger partial charge in [0.05, 0.1) is 27.2 Å². The Morgan fingerprint density at radius 1 is 1.10 bits per heavy atom. The fourth-order valence-corrected chi connectivity index (χ4v) is 2.97. The zero-order valence-electron chi connectivity index (χ0n) is 14.0. The number of esters is 1. The van der Waals surface area contributed by atoms with Crippen molar-refractivity contribution in [3.63, 3.8) is 0 Å². The van der Waals surface area contributed by atoms with Crippen LogP contribution in [0.2, 0.25) is 0 Å². The largest absolute Gasteiger partial charge is 0.459 e. The summed E-state index contributed by atoms with van der Waals surface area (Å²) < 4.78 is 6.73. The molecule has 1 aromatic rings. The number of ether oxygens (including phenoxy) is 1. The average molecular weight is 290 g/mol. The van der Waals surface area contributed by atoms with Gasteiger partial charge in [0, 0.05) is 12.8 Å². The standard InChI is InChI=1S/C18H28NO2/c1-17(2,3)21-16(20)18(15-9-7-6-8-10-15)11-13-19(4,5)14-12-18/h6-10H,11-14H2,1-5H3/q+1. The van der Waals surface area contributed by atoms with Gasteiger partial charge in [-0.15, -0.1) is 0 Å². The number of quaternary nitrogens is 1. The van der Waals surface area contributed by atoms with E-state index in [4.69, 9.17) is 4.74 Å². The molecule has 0 aliphatic carbocycles. The van der Waals surface area contributed by atoms with Gasteiger partial charge in [0.25, 0.3) is 0 Å². The summed E-state index contributed by atoms with van der Waals surface area (Å²) in [5, 5.41) is 0. The molecule has 3 heteroatoms. The molecule has 1 fully saturated rings. The molecule has 1 heterocycles. The molecule has 0 radical (unpaired) electrons. The monoisotopic (exact) mass is 290 g/mol. The molecule has 116 valence electrons. The lowest BCUT2D eigenvalue weighted by molar-refractivity contribution is -0.896. The third kappa shape index (κ3) is 3.65. The van der Waals surface area contributed by atoms with Crippen LogP contribution in [0.15, 0.2) is 30.3 Å². The van der Waals surface area contributed by atoms with Crippen molar-refractivity contribution in [1.82, 2.24) is 0 Å². The predicted octanol–water partition coefficient (Wildman–Crippen LogP) is 3.14. The van der Waals surface area contributed by atoms with Crippen molar-refractivity contribution < 1.29 is 14.0 Å². The second-order valence-corrected chi connectivity index (χ2v) is 7.83. The van der Waals surface area contributed by atoms with E-state index in [0.29, 0.717) is 0 Å². The minimum Gasteiger partial charge on any atom is -0.459 e. The summed E-state index contributed by atoms with van der Waals surface area (Å²) >= 11 is 0. The SMILES string of the molecule is CC(C)(C)OC(=O)C1(c2ccccc2)CC[N+](C)(C)CC1. The van der Waals surface area contributed by atoms with Gasteiger partial charge >= 0.3 is 5.97 Å². The zero-order chi connectivity index (χ0) is 15.7. The van der Waals surface area contributed by atoms with Crippen LogP contribution < -0.4 is 0 Å². The highest BCUT2D eigenvalue weighted by atomic mass is 16.6. The first kappa shape index (κ1) is 16.0. The maximum atomic E-state index is 12.9. The Hall–Kier alpha value is -1.35. The molecule has 3 nitrogen and oxygen atoms in total. The topological polar surface area (TPSA) is 26.3 Å². The molecule has 0 unspecified atom stereocenters. The van der Waals surface area contributed by atoms with Gasteiger partial charge in [-0.05, 0) is 26.3 Å². The normalized spacial score (nSPS) is 20.8. The van der Waals surface area contributed by atoms with Gasteiger partial charge in [0.15, 0.2) is 0 Å².